The van der Waals surface area contributed by atoms with Crippen LogP contribution in [0.1, 0.15) is 43.1 Å². The van der Waals surface area contributed by atoms with E-state index in [0.717, 1.165) is 21.5 Å². The molecule has 32 heavy (non-hydrogen) atoms. The maximum atomic E-state index is 13.5. The van der Waals surface area contributed by atoms with Gasteiger partial charge in [0.2, 0.25) is 0 Å². The van der Waals surface area contributed by atoms with Gasteiger partial charge in [-0.3, -0.25) is 4.79 Å². The molecule has 0 spiro atoms. The minimum absolute atomic E-state index is 0.0924. The number of carbonyl (C=O) groups is 2. The summed E-state index contributed by atoms with van der Waals surface area (Å²) >= 11 is 3.50. The Morgan fingerprint density at radius 3 is 2.34 bits per heavy atom. The molecular formula is C25H29BrN2O4. The molecule has 170 valence electrons. The Kier molecular flexibility index (Phi) is 7.61. The fourth-order valence-corrected chi connectivity index (χ4v) is 3.85. The van der Waals surface area contributed by atoms with Gasteiger partial charge in [0.05, 0.1) is 19.2 Å². The highest BCUT2D eigenvalue weighted by Crippen LogP contribution is 2.26. The van der Waals surface area contributed by atoms with Crippen LogP contribution in [0.25, 0.3) is 0 Å². The summed E-state index contributed by atoms with van der Waals surface area (Å²) in [5.74, 6) is 0.674. The first-order chi connectivity index (χ1) is 15.2. The Hall–Kier alpha value is -2.80. The van der Waals surface area contributed by atoms with Crippen molar-refractivity contribution in [3.05, 3.63) is 75.9 Å². The minimum atomic E-state index is -0.545. The zero-order valence-corrected chi connectivity index (χ0v) is 20.5. The van der Waals surface area contributed by atoms with Crippen molar-refractivity contribution in [1.82, 2.24) is 9.80 Å². The van der Waals surface area contributed by atoms with Gasteiger partial charge in [0.1, 0.15) is 11.4 Å². The molecule has 3 rings (SSSR count). The quantitative estimate of drug-likeness (QED) is 0.534. The van der Waals surface area contributed by atoms with Crippen LogP contribution in [-0.4, -0.2) is 47.6 Å². The molecule has 0 aromatic heterocycles. The second-order valence-corrected chi connectivity index (χ2v) is 9.45. The van der Waals surface area contributed by atoms with E-state index in [-0.39, 0.29) is 12.0 Å². The second-order valence-electron chi connectivity index (χ2n) is 8.59. The molecule has 0 fully saturated rings. The van der Waals surface area contributed by atoms with Crippen LogP contribution in [0.2, 0.25) is 0 Å². The van der Waals surface area contributed by atoms with Crippen molar-refractivity contribution in [1.29, 1.82) is 0 Å². The number of nitrogens with zero attached hydrogens (tertiary/aromatic N) is 2. The highest BCUT2D eigenvalue weighted by Gasteiger charge is 2.28. The van der Waals surface area contributed by atoms with Crippen LogP contribution in [-0.2, 0) is 11.3 Å². The highest BCUT2D eigenvalue weighted by molar-refractivity contribution is 9.10. The van der Waals surface area contributed by atoms with E-state index in [2.05, 4.69) is 15.9 Å². The SMILES string of the molecule is COc1ccc(CN(C(=O)c2ccccc2Br)C2=CCN(C(=O)OC(C)(C)C)CC2)cc1. The zero-order valence-electron chi connectivity index (χ0n) is 18.9. The molecule has 7 heteroatoms. The van der Waals surface area contributed by atoms with E-state index in [4.69, 9.17) is 9.47 Å². The lowest BCUT2D eigenvalue weighted by molar-refractivity contribution is 0.0260. The predicted octanol–water partition coefficient (Wildman–Crippen LogP) is 5.62. The van der Waals surface area contributed by atoms with Crippen molar-refractivity contribution in [2.75, 3.05) is 20.2 Å². The van der Waals surface area contributed by atoms with E-state index in [1.54, 1.807) is 16.9 Å². The Morgan fingerprint density at radius 2 is 1.78 bits per heavy atom. The van der Waals surface area contributed by atoms with Gasteiger partial charge in [-0.15, -0.1) is 0 Å². The van der Waals surface area contributed by atoms with Crippen molar-refractivity contribution in [3.8, 4) is 5.75 Å². The van der Waals surface area contributed by atoms with Crippen LogP contribution >= 0.6 is 15.9 Å². The molecular weight excluding hydrogens is 472 g/mol. The molecule has 0 saturated carbocycles. The molecule has 1 aliphatic rings. The van der Waals surface area contributed by atoms with E-state index >= 15 is 0 Å². The number of hydrogen-bond acceptors (Lipinski definition) is 4. The molecule has 0 bridgehead atoms. The molecule has 6 nitrogen and oxygen atoms in total. The summed E-state index contributed by atoms with van der Waals surface area (Å²) in [6.45, 7) is 6.85. The number of carbonyl (C=O) groups excluding carboxylic acids is 2. The fraction of sp³-hybridized carbons (Fsp3) is 0.360. The van der Waals surface area contributed by atoms with Gasteiger partial charge in [-0.1, -0.05) is 24.3 Å². The third kappa shape index (κ3) is 6.13. The van der Waals surface area contributed by atoms with E-state index in [1.165, 1.54) is 0 Å². The average molecular weight is 501 g/mol. The summed E-state index contributed by atoms with van der Waals surface area (Å²) in [5.41, 5.74) is 1.93. The average Bonchev–Trinajstić information content (AvgIpc) is 2.77. The first kappa shape index (κ1) is 23.9. The van der Waals surface area contributed by atoms with E-state index < -0.39 is 5.60 Å². The number of methoxy groups -OCH3 is 1. The van der Waals surface area contributed by atoms with Gasteiger partial charge in [-0.2, -0.15) is 0 Å². The van der Waals surface area contributed by atoms with E-state index in [9.17, 15) is 9.59 Å². The van der Waals surface area contributed by atoms with Gasteiger partial charge in [0, 0.05) is 29.7 Å². The van der Waals surface area contributed by atoms with Gasteiger partial charge in [-0.05, 0) is 72.6 Å². The number of hydrogen-bond donors (Lipinski definition) is 0. The predicted molar refractivity (Wildman–Crippen MR) is 128 cm³/mol. The molecule has 0 unspecified atom stereocenters. The van der Waals surface area contributed by atoms with Crippen molar-refractivity contribution in [2.24, 2.45) is 0 Å². The Morgan fingerprint density at radius 1 is 1.09 bits per heavy atom. The number of ether oxygens (including phenoxy) is 2. The van der Waals surface area contributed by atoms with Crippen LogP contribution < -0.4 is 4.74 Å². The van der Waals surface area contributed by atoms with Gasteiger partial charge < -0.3 is 19.3 Å². The monoisotopic (exact) mass is 500 g/mol. The summed E-state index contributed by atoms with van der Waals surface area (Å²) < 4.78 is 11.5. The third-order valence-corrected chi connectivity index (χ3v) is 5.72. The van der Waals surface area contributed by atoms with Gasteiger partial charge in [0.15, 0.2) is 0 Å². The fourth-order valence-electron chi connectivity index (χ4n) is 3.39. The van der Waals surface area contributed by atoms with Gasteiger partial charge >= 0.3 is 6.09 Å². The maximum Gasteiger partial charge on any atom is 0.410 e. The van der Waals surface area contributed by atoms with Crippen LogP contribution in [0.15, 0.2) is 64.8 Å². The maximum absolute atomic E-state index is 13.5. The second kappa shape index (κ2) is 10.2. The Labute approximate surface area is 197 Å². The van der Waals surface area contributed by atoms with Crippen molar-refractivity contribution in [3.63, 3.8) is 0 Å². The number of rotatable bonds is 5. The molecule has 2 amide bonds. The normalized spacial score (nSPS) is 13.9. The van der Waals surface area contributed by atoms with Crippen LogP contribution in [0.5, 0.6) is 5.75 Å². The van der Waals surface area contributed by atoms with Crippen molar-refractivity contribution < 1.29 is 19.1 Å². The van der Waals surface area contributed by atoms with Gasteiger partial charge in [0.25, 0.3) is 5.91 Å². The molecule has 1 heterocycles. The summed E-state index contributed by atoms with van der Waals surface area (Å²) in [4.78, 5) is 29.4. The largest absolute Gasteiger partial charge is 0.497 e. The van der Waals surface area contributed by atoms with E-state index in [0.29, 0.717) is 31.6 Å². The first-order valence-electron chi connectivity index (χ1n) is 10.5. The molecule has 1 aliphatic heterocycles. The number of halogens is 1. The van der Waals surface area contributed by atoms with Crippen molar-refractivity contribution in [2.45, 2.75) is 39.3 Å². The highest BCUT2D eigenvalue weighted by atomic mass is 79.9. The van der Waals surface area contributed by atoms with Gasteiger partial charge in [-0.25, -0.2) is 4.79 Å². The van der Waals surface area contributed by atoms with Crippen LogP contribution in [0.3, 0.4) is 0 Å². The molecule has 0 saturated heterocycles. The summed E-state index contributed by atoms with van der Waals surface area (Å²) in [6, 6.07) is 15.1. The Balaban J connectivity index is 1.84. The number of amides is 2. The molecule has 0 radical (unpaired) electrons. The summed E-state index contributed by atoms with van der Waals surface area (Å²) in [7, 11) is 1.63. The standard InChI is InChI=1S/C25H29BrN2O4/c1-25(2,3)32-24(30)27-15-13-19(14-16-27)28(17-18-9-11-20(31-4)12-10-18)23(29)21-7-5-6-8-22(21)26/h5-13H,14-17H2,1-4H3. The first-order valence-corrected chi connectivity index (χ1v) is 11.3. The van der Waals surface area contributed by atoms with Crippen LogP contribution in [0.4, 0.5) is 4.79 Å². The summed E-state index contributed by atoms with van der Waals surface area (Å²) in [5, 5.41) is 0. The van der Waals surface area contributed by atoms with Crippen molar-refractivity contribution >= 4 is 27.9 Å². The number of benzene rings is 2. The minimum Gasteiger partial charge on any atom is -0.497 e. The Bertz CT molecular complexity index is 996. The molecule has 0 N–H and O–H groups in total. The lowest BCUT2D eigenvalue weighted by atomic mass is 10.1. The zero-order chi connectivity index (χ0) is 23.3. The molecule has 2 aromatic carbocycles. The third-order valence-electron chi connectivity index (χ3n) is 5.03. The lowest BCUT2D eigenvalue weighted by Crippen LogP contribution is -2.41. The lowest BCUT2D eigenvalue weighted by Gasteiger charge is -2.33. The summed E-state index contributed by atoms with van der Waals surface area (Å²) in [6.07, 6.45) is 2.16. The van der Waals surface area contributed by atoms with Crippen LogP contribution in [0, 0.1) is 0 Å². The van der Waals surface area contributed by atoms with E-state index in [1.807, 2.05) is 75.4 Å². The molecule has 0 atom stereocenters. The molecule has 2 aromatic rings. The smallest absolute Gasteiger partial charge is 0.410 e. The molecule has 0 aliphatic carbocycles. The topological polar surface area (TPSA) is 59.1 Å².